The van der Waals surface area contributed by atoms with Gasteiger partial charge in [-0.2, -0.15) is 17.8 Å². The Bertz CT molecular complexity index is 1910. The van der Waals surface area contributed by atoms with Crippen molar-refractivity contribution in [2.24, 2.45) is 5.92 Å². The lowest BCUT2D eigenvalue weighted by Gasteiger charge is -2.26. The molecule has 19 heteroatoms. The summed E-state index contributed by atoms with van der Waals surface area (Å²) in [5.74, 6) is -0.759. The largest absolute Gasteiger partial charge is 0.619 e. The van der Waals surface area contributed by atoms with Gasteiger partial charge in [-0.15, -0.1) is 11.8 Å². The van der Waals surface area contributed by atoms with Crippen LogP contribution < -0.4 is 14.2 Å². The molecule has 0 bridgehead atoms. The Morgan fingerprint density at radius 3 is 2.37 bits per heavy atom. The molecule has 1 aromatic heterocycles. The first-order valence-corrected chi connectivity index (χ1v) is 19.4. The van der Waals surface area contributed by atoms with Gasteiger partial charge >= 0.3 is 12.6 Å². The average molecular weight is 783 g/mol. The molecule has 2 unspecified atom stereocenters. The summed E-state index contributed by atoms with van der Waals surface area (Å²) >= 11 is 13.7. The number of carbonyl (C=O) groups excluding carboxylic acids is 1. The van der Waals surface area contributed by atoms with Gasteiger partial charge in [0.15, 0.2) is 29.3 Å². The lowest BCUT2D eigenvalue weighted by Crippen LogP contribution is -2.40. The van der Waals surface area contributed by atoms with Crippen molar-refractivity contribution in [2.75, 3.05) is 33.0 Å². The molecule has 3 aromatic rings. The molecule has 0 radical (unpaired) electrons. The van der Waals surface area contributed by atoms with Gasteiger partial charge in [-0.1, -0.05) is 35.3 Å². The van der Waals surface area contributed by atoms with Gasteiger partial charge in [0.25, 0.3) is 0 Å². The van der Waals surface area contributed by atoms with E-state index in [1.54, 1.807) is 0 Å². The third-order valence-electron chi connectivity index (χ3n) is 7.67. The van der Waals surface area contributed by atoms with Crippen LogP contribution in [0.2, 0.25) is 10.0 Å². The van der Waals surface area contributed by atoms with Crippen LogP contribution in [0.5, 0.6) is 11.5 Å². The van der Waals surface area contributed by atoms with Crippen molar-refractivity contribution in [3.05, 3.63) is 81.2 Å². The van der Waals surface area contributed by atoms with E-state index in [4.69, 9.17) is 32.7 Å². The number of hydrogen-bond donors (Lipinski definition) is 0. The maximum Gasteiger partial charge on any atom is 0.387 e. The molecule has 49 heavy (non-hydrogen) atoms. The zero-order chi connectivity index (χ0) is 35.7. The summed E-state index contributed by atoms with van der Waals surface area (Å²) in [7, 11) is -5.76. The zero-order valence-corrected chi connectivity index (χ0v) is 30.0. The smallest absolute Gasteiger partial charge is 0.387 e. The topological polar surface area (TPSA) is 146 Å². The number of carbonyl (C=O) groups is 1. The van der Waals surface area contributed by atoms with Crippen molar-refractivity contribution in [2.45, 2.75) is 47.1 Å². The molecule has 266 valence electrons. The minimum atomic E-state index is -4.41. The van der Waals surface area contributed by atoms with Crippen LogP contribution in [0.4, 0.5) is 8.78 Å². The number of hydrogen-bond acceptors (Lipinski definition) is 10. The van der Waals surface area contributed by atoms with E-state index >= 15 is 0 Å². The SMILES string of the molecule is CN(C)S(=O)(=O)c1cccc(S(=O)(=O)N2CCSC2C(=O)OC(Cc2c(Cl)c[n+]([O-])cc2Cl)c2ccc(OC(F)F)c(OCC3CC3)c2)c1. The van der Waals surface area contributed by atoms with Crippen molar-refractivity contribution in [3.8, 4) is 11.5 Å². The van der Waals surface area contributed by atoms with Gasteiger partial charge in [-0.25, -0.2) is 25.9 Å². The fourth-order valence-corrected chi connectivity index (χ4v) is 9.60. The molecule has 1 aliphatic carbocycles. The second kappa shape index (κ2) is 15.1. The van der Waals surface area contributed by atoms with Gasteiger partial charge in [0.05, 0.1) is 16.4 Å². The molecule has 12 nitrogen and oxygen atoms in total. The number of esters is 1. The number of nitrogens with zero attached hydrogens (tertiary/aromatic N) is 3. The van der Waals surface area contributed by atoms with Crippen molar-refractivity contribution in [3.63, 3.8) is 0 Å². The van der Waals surface area contributed by atoms with E-state index in [1.807, 2.05) is 0 Å². The Morgan fingerprint density at radius 1 is 1.06 bits per heavy atom. The number of halogens is 4. The normalized spacial score (nSPS) is 17.8. The first-order chi connectivity index (χ1) is 23.1. The van der Waals surface area contributed by atoms with Gasteiger partial charge in [0.1, 0.15) is 16.1 Å². The van der Waals surface area contributed by atoms with Gasteiger partial charge in [0.2, 0.25) is 20.0 Å². The molecule has 2 atom stereocenters. The first kappa shape index (κ1) is 37.3. The molecule has 2 fully saturated rings. The van der Waals surface area contributed by atoms with E-state index in [-0.39, 0.29) is 73.7 Å². The number of pyridine rings is 1. The highest BCUT2D eigenvalue weighted by Gasteiger charge is 2.42. The number of ether oxygens (including phenoxy) is 3. The van der Waals surface area contributed by atoms with Gasteiger partial charge in [0, 0.05) is 38.4 Å². The molecule has 0 spiro atoms. The van der Waals surface area contributed by atoms with Gasteiger partial charge in [-0.05, 0) is 54.7 Å². The summed E-state index contributed by atoms with van der Waals surface area (Å²) in [5, 5.41) is 10.4. The molecule has 1 saturated carbocycles. The third kappa shape index (κ3) is 8.69. The number of alkyl halides is 2. The minimum absolute atomic E-state index is 0.0274. The highest BCUT2D eigenvalue weighted by Crippen LogP contribution is 2.39. The summed E-state index contributed by atoms with van der Waals surface area (Å²) in [6.45, 7) is -2.98. The Kier molecular flexibility index (Phi) is 11.5. The van der Waals surface area contributed by atoms with E-state index in [0.29, 0.717) is 4.73 Å². The second-order valence-electron chi connectivity index (χ2n) is 11.4. The predicted octanol–water partition coefficient (Wildman–Crippen LogP) is 4.86. The number of sulfonamides is 2. The lowest BCUT2D eigenvalue weighted by atomic mass is 10.0. The predicted molar refractivity (Wildman–Crippen MR) is 177 cm³/mol. The Balaban J connectivity index is 1.48. The Hall–Kier alpha value is -2.93. The van der Waals surface area contributed by atoms with Crippen LogP contribution in [0, 0.1) is 11.1 Å². The standard InChI is InChI=1S/C30H31Cl2F2N3O9S3/c1-35(2)48(40,41)20-4-3-5-21(13-20)49(42,43)37-10-11-47-28(37)29(38)45-26(14-22-23(31)15-36(39)16-24(22)32)19-8-9-25(46-30(33)34)27(12-19)44-17-18-6-7-18/h3-5,8-9,12-13,15-16,18,26,28,30H,6-7,10-11,14,17H2,1-2H3. The Morgan fingerprint density at radius 2 is 1.73 bits per heavy atom. The molecule has 0 amide bonds. The van der Waals surface area contributed by atoms with Crippen molar-refractivity contribution in [1.29, 1.82) is 0 Å². The maximum absolute atomic E-state index is 13.8. The summed E-state index contributed by atoms with van der Waals surface area (Å²) in [6.07, 6.45) is 2.52. The molecular formula is C30H31Cl2F2N3O9S3. The summed E-state index contributed by atoms with van der Waals surface area (Å²) in [5.41, 5.74) is 0.481. The van der Waals surface area contributed by atoms with Crippen molar-refractivity contribution < 1.29 is 49.4 Å². The van der Waals surface area contributed by atoms with E-state index in [1.165, 1.54) is 50.5 Å². The molecule has 1 aliphatic heterocycles. The van der Waals surface area contributed by atoms with Gasteiger partial charge < -0.3 is 19.4 Å². The molecule has 2 aromatic carbocycles. The van der Waals surface area contributed by atoms with Crippen LogP contribution in [0.25, 0.3) is 0 Å². The summed E-state index contributed by atoms with van der Waals surface area (Å²) in [4.78, 5) is 13.3. The van der Waals surface area contributed by atoms with E-state index in [0.717, 1.165) is 51.7 Å². The minimum Gasteiger partial charge on any atom is -0.619 e. The molecular weight excluding hydrogens is 751 g/mol. The number of aromatic nitrogens is 1. The van der Waals surface area contributed by atoms with Crippen LogP contribution in [-0.2, 0) is 36.0 Å². The van der Waals surface area contributed by atoms with Crippen LogP contribution in [0.15, 0.2) is 64.6 Å². The van der Waals surface area contributed by atoms with Crippen molar-refractivity contribution >= 4 is 61.0 Å². The van der Waals surface area contributed by atoms with Crippen molar-refractivity contribution in [1.82, 2.24) is 8.61 Å². The van der Waals surface area contributed by atoms with Crippen LogP contribution in [0.3, 0.4) is 0 Å². The van der Waals surface area contributed by atoms with E-state index in [9.17, 15) is 35.6 Å². The monoisotopic (exact) mass is 781 g/mol. The molecule has 1 saturated heterocycles. The van der Waals surface area contributed by atoms with E-state index < -0.39 is 44.1 Å². The van der Waals surface area contributed by atoms with Crippen LogP contribution in [0.1, 0.15) is 30.1 Å². The zero-order valence-electron chi connectivity index (χ0n) is 26.0. The average Bonchev–Trinajstić information content (AvgIpc) is 3.73. The quantitative estimate of drug-likeness (QED) is 0.126. The molecule has 0 N–H and O–H groups in total. The summed E-state index contributed by atoms with van der Waals surface area (Å²) < 4.78 is 98.1. The fourth-order valence-electron chi connectivity index (χ4n) is 4.89. The molecule has 2 heterocycles. The lowest BCUT2D eigenvalue weighted by molar-refractivity contribution is -0.605. The Labute approximate surface area is 296 Å². The van der Waals surface area contributed by atoms with Crippen LogP contribution in [-0.4, -0.2) is 76.4 Å². The number of rotatable bonds is 14. The number of benzene rings is 2. The van der Waals surface area contributed by atoms with E-state index in [2.05, 4.69) is 4.74 Å². The van der Waals surface area contributed by atoms with Crippen LogP contribution >= 0.6 is 35.0 Å². The van der Waals surface area contributed by atoms with Gasteiger partial charge in [-0.3, -0.25) is 0 Å². The maximum atomic E-state index is 13.8. The first-order valence-electron chi connectivity index (χ1n) is 14.7. The fraction of sp³-hybridized carbons (Fsp3) is 0.400. The molecule has 2 aliphatic rings. The number of thioether (sulfide) groups is 1. The highest BCUT2D eigenvalue weighted by atomic mass is 35.5. The highest BCUT2D eigenvalue weighted by molar-refractivity contribution is 8.02. The molecule has 5 rings (SSSR count). The summed E-state index contributed by atoms with van der Waals surface area (Å²) in [6, 6.07) is 8.80. The second-order valence-corrected chi connectivity index (χ2v) is 17.4. The third-order valence-corrected chi connectivity index (χ3v) is 13.3.